The van der Waals surface area contributed by atoms with Crippen LogP contribution in [-0.4, -0.2) is 39.5 Å². The largest absolute Gasteiger partial charge is 0.396 e. The van der Waals surface area contributed by atoms with Crippen molar-refractivity contribution in [3.63, 3.8) is 0 Å². The lowest BCUT2D eigenvalue weighted by molar-refractivity contribution is 0.323. The molecule has 0 spiro atoms. The van der Waals surface area contributed by atoms with Crippen molar-refractivity contribution in [2.45, 2.75) is 18.9 Å². The molecule has 4 nitrogen and oxygen atoms in total. The zero-order valence-electron chi connectivity index (χ0n) is 9.85. The van der Waals surface area contributed by atoms with E-state index in [-0.39, 0.29) is 0 Å². The van der Waals surface area contributed by atoms with Crippen molar-refractivity contribution in [2.24, 2.45) is 0 Å². The molecule has 1 atom stereocenters. The highest BCUT2D eigenvalue weighted by atomic mass is 32.2. The van der Waals surface area contributed by atoms with E-state index in [1.54, 1.807) is 18.3 Å². The average molecular weight is 241 g/mol. The summed E-state index contributed by atoms with van der Waals surface area (Å²) in [6.45, 7) is 6.97. The molecule has 2 N–H and O–H groups in total. The summed E-state index contributed by atoms with van der Waals surface area (Å²) in [5.41, 5.74) is 6.24. The summed E-state index contributed by atoms with van der Waals surface area (Å²) in [6, 6.07) is 3.48. The molecular formula is C11H19N3OS. The van der Waals surface area contributed by atoms with Gasteiger partial charge in [-0.2, -0.15) is 0 Å². The number of aromatic nitrogens is 1. The molecule has 16 heavy (non-hydrogen) atoms. The van der Waals surface area contributed by atoms with E-state index in [4.69, 9.17) is 5.73 Å². The Hall–Kier alpha value is -0.940. The van der Waals surface area contributed by atoms with Gasteiger partial charge in [0.2, 0.25) is 0 Å². The Morgan fingerprint density at radius 1 is 1.44 bits per heavy atom. The van der Waals surface area contributed by atoms with Crippen LogP contribution in [-0.2, 0) is 10.8 Å². The third kappa shape index (κ3) is 3.57. The van der Waals surface area contributed by atoms with Gasteiger partial charge in [-0.1, -0.05) is 13.8 Å². The van der Waals surface area contributed by atoms with Gasteiger partial charge in [0, 0.05) is 18.5 Å². The molecule has 0 radical (unpaired) electrons. The molecule has 0 saturated carbocycles. The monoisotopic (exact) mass is 241 g/mol. The molecule has 0 aromatic carbocycles. The number of hydrogen-bond acceptors (Lipinski definition) is 4. The summed E-state index contributed by atoms with van der Waals surface area (Å²) >= 11 is 0. The SMILES string of the molecule is CCN(CC)CCS(=O)c1ncccc1N. The summed E-state index contributed by atoms with van der Waals surface area (Å²) in [7, 11) is -1.10. The molecule has 0 amide bonds. The van der Waals surface area contributed by atoms with E-state index in [9.17, 15) is 4.21 Å². The highest BCUT2D eigenvalue weighted by Gasteiger charge is 2.10. The lowest BCUT2D eigenvalue weighted by Gasteiger charge is -2.17. The van der Waals surface area contributed by atoms with Crippen molar-refractivity contribution in [3.8, 4) is 0 Å². The standard InChI is InChI=1S/C11H19N3OS/c1-3-14(4-2)8-9-16(15)11-10(12)6-5-7-13-11/h5-7H,3-4,8-9,12H2,1-2H3. The molecule has 0 aliphatic carbocycles. The molecule has 1 unspecified atom stereocenters. The summed E-state index contributed by atoms with van der Waals surface area (Å²) in [6.07, 6.45) is 1.63. The highest BCUT2D eigenvalue weighted by molar-refractivity contribution is 7.85. The van der Waals surface area contributed by atoms with Crippen LogP contribution in [0.5, 0.6) is 0 Å². The van der Waals surface area contributed by atoms with Gasteiger partial charge in [-0.25, -0.2) is 4.98 Å². The van der Waals surface area contributed by atoms with Gasteiger partial charge in [-0.15, -0.1) is 0 Å². The Labute approximate surface area is 99.3 Å². The van der Waals surface area contributed by atoms with E-state index in [0.717, 1.165) is 19.6 Å². The Kier molecular flexibility index (Phi) is 5.42. The average Bonchev–Trinajstić information content (AvgIpc) is 2.30. The van der Waals surface area contributed by atoms with Gasteiger partial charge in [0.25, 0.3) is 0 Å². The molecule has 1 aromatic heterocycles. The van der Waals surface area contributed by atoms with Crippen LogP contribution < -0.4 is 5.73 Å². The predicted octanol–water partition coefficient (Wildman–Crippen LogP) is 1.11. The van der Waals surface area contributed by atoms with Crippen LogP contribution in [0, 0.1) is 0 Å². The predicted molar refractivity (Wildman–Crippen MR) is 67.7 cm³/mol. The van der Waals surface area contributed by atoms with E-state index >= 15 is 0 Å². The number of hydrogen-bond donors (Lipinski definition) is 1. The van der Waals surface area contributed by atoms with E-state index in [1.807, 2.05) is 0 Å². The minimum Gasteiger partial charge on any atom is -0.396 e. The van der Waals surface area contributed by atoms with Crippen LogP contribution in [0.15, 0.2) is 23.4 Å². The summed E-state index contributed by atoms with van der Waals surface area (Å²) < 4.78 is 11.9. The number of pyridine rings is 1. The van der Waals surface area contributed by atoms with Crippen LogP contribution in [0.25, 0.3) is 0 Å². The van der Waals surface area contributed by atoms with Crippen LogP contribution in [0.1, 0.15) is 13.8 Å². The van der Waals surface area contributed by atoms with Crippen molar-refractivity contribution in [1.29, 1.82) is 0 Å². The normalized spacial score (nSPS) is 12.9. The third-order valence-electron chi connectivity index (χ3n) is 2.50. The molecule has 0 aliphatic heterocycles. The van der Waals surface area contributed by atoms with Gasteiger partial charge in [-0.3, -0.25) is 4.21 Å². The fraction of sp³-hybridized carbons (Fsp3) is 0.545. The number of nitrogens with zero attached hydrogens (tertiary/aromatic N) is 2. The summed E-state index contributed by atoms with van der Waals surface area (Å²) in [5.74, 6) is 0.586. The van der Waals surface area contributed by atoms with Crippen molar-refractivity contribution < 1.29 is 4.21 Å². The van der Waals surface area contributed by atoms with Crippen molar-refractivity contribution in [2.75, 3.05) is 31.1 Å². The maximum atomic E-state index is 11.9. The molecule has 0 fully saturated rings. The fourth-order valence-electron chi connectivity index (χ4n) is 1.44. The molecule has 0 aliphatic rings. The lowest BCUT2D eigenvalue weighted by atomic mass is 10.4. The van der Waals surface area contributed by atoms with Gasteiger partial charge in [0.05, 0.1) is 16.5 Å². The van der Waals surface area contributed by atoms with Gasteiger partial charge in [0.15, 0.2) is 0 Å². The molecular weight excluding hydrogens is 222 g/mol. The van der Waals surface area contributed by atoms with E-state index < -0.39 is 10.8 Å². The number of rotatable bonds is 6. The number of nitrogen functional groups attached to an aromatic ring is 1. The lowest BCUT2D eigenvalue weighted by Crippen LogP contribution is -2.27. The highest BCUT2D eigenvalue weighted by Crippen LogP contribution is 2.12. The molecule has 0 bridgehead atoms. The van der Waals surface area contributed by atoms with Gasteiger partial charge >= 0.3 is 0 Å². The number of nitrogens with two attached hydrogens (primary N) is 1. The van der Waals surface area contributed by atoms with E-state index in [2.05, 4.69) is 23.7 Å². The molecule has 5 heteroatoms. The van der Waals surface area contributed by atoms with Crippen molar-refractivity contribution >= 4 is 16.5 Å². The van der Waals surface area contributed by atoms with Crippen LogP contribution in [0.3, 0.4) is 0 Å². The maximum absolute atomic E-state index is 11.9. The summed E-state index contributed by atoms with van der Waals surface area (Å²) in [5, 5.41) is 0.509. The van der Waals surface area contributed by atoms with Crippen LogP contribution in [0.2, 0.25) is 0 Å². The van der Waals surface area contributed by atoms with Crippen LogP contribution in [0.4, 0.5) is 5.69 Å². The second-order valence-electron chi connectivity index (χ2n) is 3.47. The second kappa shape index (κ2) is 6.60. The maximum Gasteiger partial charge on any atom is 0.150 e. The van der Waals surface area contributed by atoms with E-state index in [1.165, 1.54) is 0 Å². The Bertz CT molecular complexity index is 353. The first kappa shape index (κ1) is 13.1. The molecule has 1 rings (SSSR count). The first-order valence-corrected chi connectivity index (χ1v) is 6.82. The minimum atomic E-state index is -1.10. The smallest absolute Gasteiger partial charge is 0.150 e. The van der Waals surface area contributed by atoms with Gasteiger partial charge < -0.3 is 10.6 Å². The number of anilines is 1. The quantitative estimate of drug-likeness (QED) is 0.810. The molecule has 1 aromatic rings. The zero-order valence-corrected chi connectivity index (χ0v) is 10.7. The van der Waals surface area contributed by atoms with Gasteiger partial charge in [-0.05, 0) is 25.2 Å². The zero-order chi connectivity index (χ0) is 12.0. The second-order valence-corrected chi connectivity index (χ2v) is 4.96. The topological polar surface area (TPSA) is 59.2 Å². The summed E-state index contributed by atoms with van der Waals surface area (Å²) in [4.78, 5) is 6.30. The molecule has 1 heterocycles. The van der Waals surface area contributed by atoms with Gasteiger partial charge in [0.1, 0.15) is 5.03 Å². The Morgan fingerprint density at radius 3 is 2.69 bits per heavy atom. The third-order valence-corrected chi connectivity index (χ3v) is 3.83. The minimum absolute atomic E-state index is 0.509. The first-order valence-electron chi connectivity index (χ1n) is 5.50. The molecule has 90 valence electrons. The van der Waals surface area contributed by atoms with Crippen molar-refractivity contribution in [1.82, 2.24) is 9.88 Å². The van der Waals surface area contributed by atoms with Crippen molar-refractivity contribution in [3.05, 3.63) is 18.3 Å². The first-order chi connectivity index (χ1) is 7.69. The Balaban J connectivity index is 2.56. The Morgan fingerprint density at radius 2 is 2.12 bits per heavy atom. The van der Waals surface area contributed by atoms with E-state index in [0.29, 0.717) is 16.5 Å². The fourth-order valence-corrected chi connectivity index (χ4v) is 2.57. The van der Waals surface area contributed by atoms with Crippen LogP contribution >= 0.6 is 0 Å². The molecule has 0 saturated heterocycles.